The molecule has 0 unspecified atom stereocenters. The first-order chi connectivity index (χ1) is 10.7. The number of amides is 1. The number of nitrogens with one attached hydrogen (secondary N) is 1. The van der Waals surface area contributed by atoms with Crippen molar-refractivity contribution in [3.8, 4) is 10.6 Å². The van der Waals surface area contributed by atoms with Crippen molar-refractivity contribution in [2.75, 3.05) is 5.32 Å². The number of hydrogen-bond acceptors (Lipinski definition) is 3. The molecule has 3 nitrogen and oxygen atoms in total. The number of thiazole rings is 1. The number of carbonyl (C=O) groups excluding carboxylic acids is 1. The van der Waals surface area contributed by atoms with E-state index < -0.39 is 0 Å². The fourth-order valence-corrected chi connectivity index (χ4v) is 3.26. The molecule has 1 N–H and O–H groups in total. The van der Waals surface area contributed by atoms with Crippen molar-refractivity contribution in [1.29, 1.82) is 0 Å². The van der Waals surface area contributed by atoms with E-state index in [1.165, 1.54) is 0 Å². The van der Waals surface area contributed by atoms with E-state index in [-0.39, 0.29) is 12.3 Å². The van der Waals surface area contributed by atoms with Crippen molar-refractivity contribution in [2.24, 2.45) is 0 Å². The second-order valence-electron chi connectivity index (χ2n) is 4.75. The molecule has 0 aliphatic heterocycles. The van der Waals surface area contributed by atoms with Crippen molar-refractivity contribution >= 4 is 38.9 Å². The van der Waals surface area contributed by atoms with Crippen LogP contribution >= 0.6 is 27.3 Å². The minimum Gasteiger partial charge on any atom is -0.326 e. The lowest BCUT2D eigenvalue weighted by Gasteiger charge is -2.04. The number of benzene rings is 2. The smallest absolute Gasteiger partial charge is 0.230 e. The largest absolute Gasteiger partial charge is 0.326 e. The van der Waals surface area contributed by atoms with Crippen molar-refractivity contribution in [3.63, 3.8) is 0 Å². The van der Waals surface area contributed by atoms with E-state index in [0.29, 0.717) is 0 Å². The van der Waals surface area contributed by atoms with Gasteiger partial charge in [-0.05, 0) is 18.2 Å². The fourth-order valence-electron chi connectivity index (χ4n) is 2.04. The van der Waals surface area contributed by atoms with Gasteiger partial charge >= 0.3 is 0 Å². The molecule has 22 heavy (non-hydrogen) atoms. The molecule has 1 aromatic heterocycles. The molecule has 0 aliphatic rings. The van der Waals surface area contributed by atoms with E-state index in [4.69, 9.17) is 0 Å². The topological polar surface area (TPSA) is 42.0 Å². The number of carbonyl (C=O) groups is 1. The van der Waals surface area contributed by atoms with Crippen LogP contribution in [0.25, 0.3) is 10.6 Å². The quantitative estimate of drug-likeness (QED) is 0.717. The number of hydrogen-bond donors (Lipinski definition) is 1. The van der Waals surface area contributed by atoms with Gasteiger partial charge in [0.1, 0.15) is 5.01 Å². The Hall–Kier alpha value is -1.98. The molecule has 1 heterocycles. The Morgan fingerprint density at radius 2 is 1.95 bits per heavy atom. The SMILES string of the molecule is O=C(Cc1csc(-c2ccccc2)n1)Nc1cccc(Br)c1. The van der Waals surface area contributed by atoms with E-state index in [0.717, 1.165) is 26.4 Å². The second kappa shape index (κ2) is 6.85. The van der Waals surface area contributed by atoms with E-state index in [9.17, 15) is 4.79 Å². The van der Waals surface area contributed by atoms with E-state index in [1.807, 2.05) is 60.0 Å². The molecule has 0 atom stereocenters. The minimum atomic E-state index is -0.0667. The highest BCUT2D eigenvalue weighted by atomic mass is 79.9. The summed E-state index contributed by atoms with van der Waals surface area (Å²) in [5.74, 6) is -0.0667. The van der Waals surface area contributed by atoms with E-state index in [2.05, 4.69) is 26.2 Å². The zero-order valence-electron chi connectivity index (χ0n) is 11.6. The summed E-state index contributed by atoms with van der Waals surface area (Å²) in [4.78, 5) is 16.6. The highest BCUT2D eigenvalue weighted by Gasteiger charge is 2.09. The summed E-state index contributed by atoms with van der Waals surface area (Å²) < 4.78 is 0.935. The monoisotopic (exact) mass is 372 g/mol. The van der Waals surface area contributed by atoms with Crippen LogP contribution in [0.3, 0.4) is 0 Å². The first-order valence-corrected chi connectivity index (χ1v) is 8.43. The average molecular weight is 373 g/mol. The van der Waals surface area contributed by atoms with Crippen molar-refractivity contribution in [2.45, 2.75) is 6.42 Å². The molecule has 2 aromatic carbocycles. The van der Waals surface area contributed by atoms with Crippen LogP contribution in [-0.2, 0) is 11.2 Å². The molecule has 0 saturated heterocycles. The highest BCUT2D eigenvalue weighted by molar-refractivity contribution is 9.10. The van der Waals surface area contributed by atoms with Crippen molar-refractivity contribution in [1.82, 2.24) is 4.98 Å². The molecule has 1 amide bonds. The number of nitrogens with zero attached hydrogens (tertiary/aromatic N) is 1. The number of halogens is 1. The van der Waals surface area contributed by atoms with Crippen LogP contribution < -0.4 is 5.32 Å². The highest BCUT2D eigenvalue weighted by Crippen LogP contribution is 2.23. The Balaban J connectivity index is 1.66. The van der Waals surface area contributed by atoms with Gasteiger partial charge in [-0.2, -0.15) is 0 Å². The van der Waals surface area contributed by atoms with Gasteiger partial charge in [0.15, 0.2) is 0 Å². The van der Waals surface area contributed by atoms with Crippen LogP contribution in [0.2, 0.25) is 0 Å². The molecular weight excluding hydrogens is 360 g/mol. The standard InChI is InChI=1S/C17H13BrN2OS/c18-13-7-4-8-14(9-13)19-16(21)10-15-11-22-17(20-15)12-5-2-1-3-6-12/h1-9,11H,10H2,(H,19,21). The molecule has 0 radical (unpaired) electrons. The molecule has 3 rings (SSSR count). The molecular formula is C17H13BrN2OS. The second-order valence-corrected chi connectivity index (χ2v) is 6.52. The van der Waals surface area contributed by atoms with Gasteiger partial charge in [0.05, 0.1) is 12.1 Å². The van der Waals surface area contributed by atoms with E-state index >= 15 is 0 Å². The summed E-state index contributed by atoms with van der Waals surface area (Å²) in [6, 6.07) is 17.5. The zero-order valence-corrected chi connectivity index (χ0v) is 14.0. The fraction of sp³-hybridized carbons (Fsp3) is 0.0588. The lowest BCUT2D eigenvalue weighted by molar-refractivity contribution is -0.115. The van der Waals surface area contributed by atoms with Crippen molar-refractivity contribution < 1.29 is 4.79 Å². The van der Waals surface area contributed by atoms with Crippen LogP contribution in [0.5, 0.6) is 0 Å². The van der Waals surface area contributed by atoms with Crippen LogP contribution in [-0.4, -0.2) is 10.9 Å². The third-order valence-electron chi connectivity index (χ3n) is 3.02. The third-order valence-corrected chi connectivity index (χ3v) is 4.46. The van der Waals surface area contributed by atoms with Crippen molar-refractivity contribution in [3.05, 3.63) is 70.1 Å². The third kappa shape index (κ3) is 3.81. The molecule has 110 valence electrons. The van der Waals surface area contributed by atoms with Gasteiger partial charge in [0.2, 0.25) is 5.91 Å². The predicted molar refractivity (Wildman–Crippen MR) is 94.0 cm³/mol. The molecule has 0 aliphatic carbocycles. The van der Waals surface area contributed by atoms with Gasteiger partial charge in [-0.1, -0.05) is 52.3 Å². The van der Waals surface area contributed by atoms with Crippen LogP contribution in [0, 0.1) is 0 Å². The maximum absolute atomic E-state index is 12.1. The normalized spacial score (nSPS) is 10.4. The summed E-state index contributed by atoms with van der Waals surface area (Å²) in [5.41, 5.74) is 2.64. The van der Waals surface area contributed by atoms with Gasteiger partial charge in [0.25, 0.3) is 0 Å². The summed E-state index contributed by atoms with van der Waals surface area (Å²) in [7, 11) is 0. The average Bonchev–Trinajstić information content (AvgIpc) is 2.96. The van der Waals surface area contributed by atoms with Crippen LogP contribution in [0.4, 0.5) is 5.69 Å². The minimum absolute atomic E-state index is 0.0667. The molecule has 3 aromatic rings. The summed E-state index contributed by atoms with van der Waals surface area (Å²) in [6.07, 6.45) is 0.274. The maximum atomic E-state index is 12.1. The lowest BCUT2D eigenvalue weighted by atomic mass is 10.2. The number of rotatable bonds is 4. The maximum Gasteiger partial charge on any atom is 0.230 e. The Morgan fingerprint density at radius 3 is 2.73 bits per heavy atom. The summed E-state index contributed by atoms with van der Waals surface area (Å²) in [6.45, 7) is 0. The van der Waals surface area contributed by atoms with E-state index in [1.54, 1.807) is 11.3 Å². The number of anilines is 1. The van der Waals surface area contributed by atoms with Gasteiger partial charge in [-0.15, -0.1) is 11.3 Å². The molecule has 0 spiro atoms. The molecule has 0 bridgehead atoms. The lowest BCUT2D eigenvalue weighted by Crippen LogP contribution is -2.14. The van der Waals surface area contributed by atoms with Gasteiger partial charge in [0, 0.05) is 21.1 Å². The van der Waals surface area contributed by atoms with Gasteiger partial charge < -0.3 is 5.32 Å². The Morgan fingerprint density at radius 1 is 1.14 bits per heavy atom. The predicted octanol–water partition coefficient (Wildman–Crippen LogP) is 4.75. The molecule has 5 heteroatoms. The summed E-state index contributed by atoms with van der Waals surface area (Å²) in [5, 5.41) is 5.75. The Kier molecular flexibility index (Phi) is 4.65. The first-order valence-electron chi connectivity index (χ1n) is 6.76. The van der Waals surface area contributed by atoms with Crippen LogP contribution in [0.15, 0.2) is 64.5 Å². The Labute approximate surface area is 141 Å². The first kappa shape index (κ1) is 14.9. The van der Waals surface area contributed by atoms with Gasteiger partial charge in [-0.25, -0.2) is 4.98 Å². The Bertz CT molecular complexity index is 786. The number of aromatic nitrogens is 1. The zero-order chi connectivity index (χ0) is 15.4. The molecule has 0 fully saturated rings. The molecule has 0 saturated carbocycles. The summed E-state index contributed by atoms with van der Waals surface area (Å²) >= 11 is 4.94. The van der Waals surface area contributed by atoms with Crippen LogP contribution in [0.1, 0.15) is 5.69 Å². The van der Waals surface area contributed by atoms with Gasteiger partial charge in [-0.3, -0.25) is 4.79 Å².